The molecule has 1 rings (SSSR count). The summed E-state index contributed by atoms with van der Waals surface area (Å²) in [5.41, 5.74) is 0. The summed E-state index contributed by atoms with van der Waals surface area (Å²) in [6.45, 7) is 3.67. The van der Waals surface area contributed by atoms with Crippen LogP contribution in [0, 0.1) is 0 Å². The van der Waals surface area contributed by atoms with E-state index in [9.17, 15) is 4.79 Å². The average Bonchev–Trinajstić information content (AvgIpc) is 2.07. The first kappa shape index (κ1) is 8.53. The van der Waals surface area contributed by atoms with Crippen LogP contribution in [0.1, 0.15) is 26.2 Å². The van der Waals surface area contributed by atoms with Crippen molar-refractivity contribution in [2.45, 2.75) is 32.2 Å². The van der Waals surface area contributed by atoms with Crippen LogP contribution in [0.2, 0.25) is 0 Å². The Morgan fingerprint density at radius 1 is 1.64 bits per heavy atom. The third kappa shape index (κ3) is 2.50. The van der Waals surface area contributed by atoms with Crippen molar-refractivity contribution >= 4 is 5.91 Å². The number of amides is 1. The Balaban J connectivity index is 2.27. The standard InChI is InChI=1S/C8H16N2O/c1-2-9-8(11)7-5-3-4-6-10-7/h7,10H,2-6H2,1H3,(H,9,11)/t7-/m0/s1. The monoisotopic (exact) mass is 156 g/mol. The van der Waals surface area contributed by atoms with Crippen molar-refractivity contribution in [3.05, 3.63) is 0 Å². The van der Waals surface area contributed by atoms with Crippen molar-refractivity contribution in [2.75, 3.05) is 13.1 Å². The van der Waals surface area contributed by atoms with Gasteiger partial charge in [0.25, 0.3) is 0 Å². The van der Waals surface area contributed by atoms with Gasteiger partial charge < -0.3 is 10.6 Å². The van der Waals surface area contributed by atoms with Crippen molar-refractivity contribution in [2.24, 2.45) is 0 Å². The van der Waals surface area contributed by atoms with Crippen molar-refractivity contribution in [3.8, 4) is 0 Å². The highest BCUT2D eigenvalue weighted by Gasteiger charge is 2.18. The van der Waals surface area contributed by atoms with E-state index in [4.69, 9.17) is 0 Å². The Hall–Kier alpha value is -0.570. The quantitative estimate of drug-likeness (QED) is 0.602. The number of nitrogens with one attached hydrogen (secondary N) is 2. The van der Waals surface area contributed by atoms with Gasteiger partial charge in [0.1, 0.15) is 0 Å². The molecule has 3 nitrogen and oxygen atoms in total. The first-order valence-electron chi connectivity index (χ1n) is 4.35. The third-order valence-corrected chi connectivity index (χ3v) is 1.98. The van der Waals surface area contributed by atoms with Crippen LogP contribution in [0.3, 0.4) is 0 Å². The van der Waals surface area contributed by atoms with Crippen LogP contribution < -0.4 is 10.6 Å². The van der Waals surface area contributed by atoms with Crippen LogP contribution in [-0.2, 0) is 4.79 Å². The molecule has 1 aliphatic heterocycles. The fourth-order valence-corrected chi connectivity index (χ4v) is 1.37. The molecule has 1 aliphatic rings. The van der Waals surface area contributed by atoms with Crippen LogP contribution in [-0.4, -0.2) is 25.0 Å². The number of hydrogen-bond donors (Lipinski definition) is 2. The molecule has 0 aromatic rings. The summed E-state index contributed by atoms with van der Waals surface area (Å²) < 4.78 is 0. The van der Waals surface area contributed by atoms with E-state index in [0.717, 1.165) is 19.5 Å². The van der Waals surface area contributed by atoms with Gasteiger partial charge >= 0.3 is 0 Å². The summed E-state index contributed by atoms with van der Waals surface area (Å²) in [5, 5.41) is 6.01. The minimum absolute atomic E-state index is 0.0729. The lowest BCUT2D eigenvalue weighted by atomic mass is 10.0. The molecule has 0 aromatic heterocycles. The lowest BCUT2D eigenvalue weighted by Crippen LogP contribution is -2.46. The molecule has 64 valence electrons. The summed E-state index contributed by atoms with van der Waals surface area (Å²) >= 11 is 0. The minimum atomic E-state index is 0.0729. The van der Waals surface area contributed by atoms with Crippen molar-refractivity contribution in [1.29, 1.82) is 0 Å². The number of hydrogen-bond acceptors (Lipinski definition) is 2. The van der Waals surface area contributed by atoms with Crippen molar-refractivity contribution in [3.63, 3.8) is 0 Å². The number of piperidine rings is 1. The zero-order chi connectivity index (χ0) is 8.10. The van der Waals surface area contributed by atoms with E-state index in [1.54, 1.807) is 0 Å². The molecule has 3 heteroatoms. The van der Waals surface area contributed by atoms with E-state index in [-0.39, 0.29) is 11.9 Å². The normalized spacial score (nSPS) is 24.6. The summed E-state index contributed by atoms with van der Waals surface area (Å²) in [6.07, 6.45) is 3.37. The second kappa shape index (κ2) is 4.34. The van der Waals surface area contributed by atoms with Crippen LogP contribution in [0.15, 0.2) is 0 Å². The first-order chi connectivity index (χ1) is 5.34. The highest BCUT2D eigenvalue weighted by molar-refractivity contribution is 5.81. The molecule has 0 spiro atoms. The highest BCUT2D eigenvalue weighted by Crippen LogP contribution is 2.06. The fraction of sp³-hybridized carbons (Fsp3) is 0.875. The SMILES string of the molecule is CCNC(=O)[C@@H]1CCCCN1. The van der Waals surface area contributed by atoms with Gasteiger partial charge in [-0.2, -0.15) is 0 Å². The lowest BCUT2D eigenvalue weighted by Gasteiger charge is -2.21. The molecule has 2 N–H and O–H groups in total. The topological polar surface area (TPSA) is 41.1 Å². The summed E-state index contributed by atoms with van der Waals surface area (Å²) in [6, 6.07) is 0.0729. The number of rotatable bonds is 2. The maximum Gasteiger partial charge on any atom is 0.237 e. The molecule has 1 heterocycles. The van der Waals surface area contributed by atoms with Gasteiger partial charge in [0.15, 0.2) is 0 Å². The van der Waals surface area contributed by atoms with Crippen LogP contribution in [0.4, 0.5) is 0 Å². The molecule has 0 aliphatic carbocycles. The molecule has 0 aromatic carbocycles. The van der Waals surface area contributed by atoms with Gasteiger partial charge in [0.05, 0.1) is 6.04 Å². The molecular weight excluding hydrogens is 140 g/mol. The minimum Gasteiger partial charge on any atom is -0.355 e. The van der Waals surface area contributed by atoms with Gasteiger partial charge in [-0.15, -0.1) is 0 Å². The van der Waals surface area contributed by atoms with Crippen LogP contribution in [0.5, 0.6) is 0 Å². The molecule has 1 saturated heterocycles. The second-order valence-corrected chi connectivity index (χ2v) is 2.90. The largest absolute Gasteiger partial charge is 0.355 e. The van der Waals surface area contributed by atoms with E-state index in [2.05, 4.69) is 10.6 Å². The smallest absolute Gasteiger partial charge is 0.237 e. The molecule has 0 radical (unpaired) electrons. The van der Waals surface area contributed by atoms with Crippen LogP contribution in [0.25, 0.3) is 0 Å². The van der Waals surface area contributed by atoms with Gasteiger partial charge in [0, 0.05) is 6.54 Å². The molecule has 0 bridgehead atoms. The maximum atomic E-state index is 11.2. The fourth-order valence-electron chi connectivity index (χ4n) is 1.37. The molecule has 0 unspecified atom stereocenters. The van der Waals surface area contributed by atoms with E-state index in [1.807, 2.05) is 6.92 Å². The Morgan fingerprint density at radius 3 is 3.00 bits per heavy atom. The molecule has 0 saturated carbocycles. The van der Waals surface area contributed by atoms with E-state index in [1.165, 1.54) is 12.8 Å². The zero-order valence-corrected chi connectivity index (χ0v) is 7.02. The van der Waals surface area contributed by atoms with Gasteiger partial charge in [0.2, 0.25) is 5.91 Å². The number of carbonyl (C=O) groups excluding carboxylic acids is 1. The molecule has 1 fully saturated rings. The van der Waals surface area contributed by atoms with Crippen molar-refractivity contribution in [1.82, 2.24) is 10.6 Å². The Labute approximate surface area is 67.5 Å². The lowest BCUT2D eigenvalue weighted by molar-refractivity contribution is -0.123. The van der Waals surface area contributed by atoms with Crippen molar-refractivity contribution < 1.29 is 4.79 Å². The molecule has 1 amide bonds. The number of likely N-dealkylation sites (N-methyl/N-ethyl adjacent to an activating group) is 1. The molecular formula is C8H16N2O. The van der Waals surface area contributed by atoms with Gasteiger partial charge in [-0.05, 0) is 26.3 Å². The van der Waals surface area contributed by atoms with E-state index < -0.39 is 0 Å². The molecule has 11 heavy (non-hydrogen) atoms. The highest BCUT2D eigenvalue weighted by atomic mass is 16.2. The zero-order valence-electron chi connectivity index (χ0n) is 7.02. The summed E-state index contributed by atoms with van der Waals surface area (Å²) in [7, 11) is 0. The van der Waals surface area contributed by atoms with Gasteiger partial charge in [-0.1, -0.05) is 6.42 Å². The van der Waals surface area contributed by atoms with Gasteiger partial charge in [-0.25, -0.2) is 0 Å². The number of carbonyl (C=O) groups is 1. The summed E-state index contributed by atoms with van der Waals surface area (Å²) in [5.74, 6) is 0.159. The average molecular weight is 156 g/mol. The second-order valence-electron chi connectivity index (χ2n) is 2.90. The predicted molar refractivity (Wildman–Crippen MR) is 44.3 cm³/mol. The van der Waals surface area contributed by atoms with E-state index >= 15 is 0 Å². The summed E-state index contributed by atoms with van der Waals surface area (Å²) in [4.78, 5) is 11.2. The van der Waals surface area contributed by atoms with E-state index in [0.29, 0.717) is 0 Å². The molecule has 1 atom stereocenters. The Morgan fingerprint density at radius 2 is 2.45 bits per heavy atom. The Kier molecular flexibility index (Phi) is 3.36. The maximum absolute atomic E-state index is 11.2. The third-order valence-electron chi connectivity index (χ3n) is 1.98. The van der Waals surface area contributed by atoms with Crippen LogP contribution >= 0.6 is 0 Å². The predicted octanol–water partition coefficient (Wildman–Crippen LogP) is 0.265. The Bertz CT molecular complexity index is 130. The first-order valence-corrected chi connectivity index (χ1v) is 4.35. The van der Waals surface area contributed by atoms with Gasteiger partial charge in [-0.3, -0.25) is 4.79 Å².